The van der Waals surface area contributed by atoms with E-state index in [0.29, 0.717) is 0 Å². The number of carbonyl (C=O) groups is 1. The van der Waals surface area contributed by atoms with Gasteiger partial charge < -0.3 is 4.90 Å². The third kappa shape index (κ3) is 3.51. The normalized spacial score (nSPS) is 14.6. The van der Waals surface area contributed by atoms with Gasteiger partial charge in [-0.15, -0.1) is 12.6 Å². The molecule has 0 spiro atoms. The highest BCUT2D eigenvalue weighted by Crippen LogP contribution is 2.31. The van der Waals surface area contributed by atoms with E-state index >= 15 is 0 Å². The van der Waals surface area contributed by atoms with Crippen molar-refractivity contribution in [1.29, 1.82) is 0 Å². The van der Waals surface area contributed by atoms with E-state index in [0.717, 1.165) is 40.4 Å². The fourth-order valence-corrected chi connectivity index (χ4v) is 2.63. The molecule has 4 heteroatoms. The zero-order valence-corrected chi connectivity index (χ0v) is 13.0. The van der Waals surface area contributed by atoms with Crippen molar-refractivity contribution in [3.05, 3.63) is 28.2 Å². The van der Waals surface area contributed by atoms with Crippen molar-refractivity contribution >= 4 is 34.5 Å². The molecule has 1 aliphatic carbocycles. The topological polar surface area (TPSA) is 20.3 Å². The zero-order chi connectivity index (χ0) is 13.1. The lowest BCUT2D eigenvalue weighted by Gasteiger charge is -2.22. The number of thiol groups is 1. The Labute approximate surface area is 122 Å². The summed E-state index contributed by atoms with van der Waals surface area (Å²) in [6.45, 7) is 3.84. The van der Waals surface area contributed by atoms with Crippen LogP contribution in [0.4, 0.5) is 0 Å². The molecule has 0 atom stereocenters. The van der Waals surface area contributed by atoms with Crippen LogP contribution in [0.3, 0.4) is 0 Å². The third-order valence-electron chi connectivity index (χ3n) is 3.14. The first-order valence-electron chi connectivity index (χ1n) is 6.39. The third-order valence-corrected chi connectivity index (χ3v) is 4.11. The average molecular weight is 328 g/mol. The molecule has 1 aromatic carbocycles. The molecule has 0 saturated heterocycles. The molecule has 1 fully saturated rings. The van der Waals surface area contributed by atoms with E-state index in [1.165, 1.54) is 12.8 Å². The molecule has 0 heterocycles. The van der Waals surface area contributed by atoms with Gasteiger partial charge in [0.25, 0.3) is 5.91 Å². The monoisotopic (exact) mass is 327 g/mol. The molecule has 1 aliphatic rings. The summed E-state index contributed by atoms with van der Waals surface area (Å²) in [6, 6.07) is 5.61. The molecule has 98 valence electrons. The van der Waals surface area contributed by atoms with Crippen molar-refractivity contribution in [2.45, 2.75) is 31.1 Å². The second-order valence-corrected chi connectivity index (χ2v) is 6.23. The van der Waals surface area contributed by atoms with Crippen LogP contribution in [0.2, 0.25) is 0 Å². The number of halogens is 1. The van der Waals surface area contributed by atoms with Crippen LogP contribution in [0.1, 0.15) is 36.5 Å². The second-order valence-electron chi connectivity index (χ2n) is 4.86. The van der Waals surface area contributed by atoms with E-state index in [2.05, 4.69) is 35.5 Å². The first kappa shape index (κ1) is 13.9. The van der Waals surface area contributed by atoms with E-state index in [1.807, 2.05) is 23.1 Å². The van der Waals surface area contributed by atoms with Gasteiger partial charge in [0, 0.05) is 22.5 Å². The Balaban J connectivity index is 2.17. The maximum Gasteiger partial charge on any atom is 0.255 e. The summed E-state index contributed by atoms with van der Waals surface area (Å²) in [5.74, 6) is 0.838. The summed E-state index contributed by atoms with van der Waals surface area (Å²) in [7, 11) is 0. The molecule has 0 radical (unpaired) electrons. The summed E-state index contributed by atoms with van der Waals surface area (Å²) in [5, 5.41) is 0. The summed E-state index contributed by atoms with van der Waals surface area (Å²) in [5.41, 5.74) is 0.719. The number of amides is 1. The van der Waals surface area contributed by atoms with Gasteiger partial charge >= 0.3 is 0 Å². The van der Waals surface area contributed by atoms with Crippen molar-refractivity contribution < 1.29 is 4.79 Å². The fourth-order valence-electron chi connectivity index (χ4n) is 2.01. The Kier molecular flexibility index (Phi) is 4.73. The molecule has 0 bridgehead atoms. The molecular weight excluding hydrogens is 310 g/mol. The SMILES string of the molecule is CCCN(CC1CC1)C(=O)c1cc(S)ccc1Br. The second kappa shape index (κ2) is 6.11. The molecule has 0 aliphatic heterocycles. The molecule has 1 saturated carbocycles. The van der Waals surface area contributed by atoms with E-state index in [9.17, 15) is 4.79 Å². The quantitative estimate of drug-likeness (QED) is 0.810. The molecule has 1 aromatic rings. The summed E-state index contributed by atoms with van der Waals surface area (Å²) < 4.78 is 0.849. The van der Waals surface area contributed by atoms with Gasteiger partial charge in [0.1, 0.15) is 0 Å². The van der Waals surface area contributed by atoms with Gasteiger partial charge in [0.2, 0.25) is 0 Å². The highest BCUT2D eigenvalue weighted by molar-refractivity contribution is 9.10. The largest absolute Gasteiger partial charge is 0.338 e. The maximum atomic E-state index is 12.5. The molecule has 0 aromatic heterocycles. The van der Waals surface area contributed by atoms with Crippen LogP contribution < -0.4 is 0 Å². The fraction of sp³-hybridized carbons (Fsp3) is 0.500. The van der Waals surface area contributed by atoms with Crippen LogP contribution >= 0.6 is 28.6 Å². The minimum atomic E-state index is 0.117. The smallest absolute Gasteiger partial charge is 0.255 e. The number of hydrogen-bond donors (Lipinski definition) is 1. The molecular formula is C14H18BrNOS. The first-order valence-corrected chi connectivity index (χ1v) is 7.63. The Morgan fingerprint density at radius 1 is 1.50 bits per heavy atom. The van der Waals surface area contributed by atoms with Gasteiger partial charge in [-0.3, -0.25) is 4.79 Å². The number of rotatable bonds is 5. The lowest BCUT2D eigenvalue weighted by atomic mass is 10.2. The molecule has 2 rings (SSSR count). The molecule has 1 amide bonds. The summed E-state index contributed by atoms with van der Waals surface area (Å²) >= 11 is 7.76. The van der Waals surface area contributed by atoms with Crippen LogP contribution in [0.15, 0.2) is 27.6 Å². The van der Waals surface area contributed by atoms with E-state index in [1.54, 1.807) is 0 Å². The van der Waals surface area contributed by atoms with Gasteiger partial charge in [-0.25, -0.2) is 0 Å². The number of hydrogen-bond acceptors (Lipinski definition) is 2. The van der Waals surface area contributed by atoms with Crippen LogP contribution in [-0.2, 0) is 0 Å². The van der Waals surface area contributed by atoms with Crippen LogP contribution in [0, 0.1) is 5.92 Å². The Hall–Kier alpha value is -0.480. The number of carbonyl (C=O) groups excluding carboxylic acids is 1. The molecule has 18 heavy (non-hydrogen) atoms. The minimum absolute atomic E-state index is 0.117. The lowest BCUT2D eigenvalue weighted by Crippen LogP contribution is -2.33. The maximum absolute atomic E-state index is 12.5. The van der Waals surface area contributed by atoms with Gasteiger partial charge in [-0.1, -0.05) is 6.92 Å². The van der Waals surface area contributed by atoms with Crippen molar-refractivity contribution in [2.24, 2.45) is 5.92 Å². The minimum Gasteiger partial charge on any atom is -0.338 e. The zero-order valence-electron chi connectivity index (χ0n) is 10.5. The van der Waals surface area contributed by atoms with Crippen LogP contribution in [-0.4, -0.2) is 23.9 Å². The summed E-state index contributed by atoms with van der Waals surface area (Å²) in [6.07, 6.45) is 3.53. The predicted molar refractivity (Wildman–Crippen MR) is 80.3 cm³/mol. The van der Waals surface area contributed by atoms with Crippen LogP contribution in [0.5, 0.6) is 0 Å². The molecule has 0 N–H and O–H groups in total. The van der Waals surface area contributed by atoms with Gasteiger partial charge in [0.05, 0.1) is 5.56 Å². The number of benzene rings is 1. The lowest BCUT2D eigenvalue weighted by molar-refractivity contribution is 0.0746. The van der Waals surface area contributed by atoms with Crippen molar-refractivity contribution in [1.82, 2.24) is 4.90 Å². The molecule has 0 unspecified atom stereocenters. The first-order chi connectivity index (χ1) is 8.61. The van der Waals surface area contributed by atoms with Gasteiger partial charge in [-0.05, 0) is 59.3 Å². The standard InChI is InChI=1S/C14H18BrNOS/c1-2-7-16(9-10-3-4-10)14(17)12-8-11(18)5-6-13(12)15/h5-6,8,10,18H,2-4,7,9H2,1H3. The van der Waals surface area contributed by atoms with E-state index < -0.39 is 0 Å². The Morgan fingerprint density at radius 2 is 2.22 bits per heavy atom. The highest BCUT2D eigenvalue weighted by atomic mass is 79.9. The van der Waals surface area contributed by atoms with E-state index in [-0.39, 0.29) is 5.91 Å². The van der Waals surface area contributed by atoms with Gasteiger partial charge in [-0.2, -0.15) is 0 Å². The van der Waals surface area contributed by atoms with Gasteiger partial charge in [0.15, 0.2) is 0 Å². The number of nitrogens with zero attached hydrogens (tertiary/aromatic N) is 1. The Morgan fingerprint density at radius 3 is 2.83 bits per heavy atom. The summed E-state index contributed by atoms with van der Waals surface area (Å²) in [4.78, 5) is 15.3. The van der Waals surface area contributed by atoms with Crippen molar-refractivity contribution in [3.63, 3.8) is 0 Å². The molecule has 2 nitrogen and oxygen atoms in total. The van der Waals surface area contributed by atoms with E-state index in [4.69, 9.17) is 0 Å². The Bertz CT molecular complexity index is 445. The van der Waals surface area contributed by atoms with Crippen LogP contribution in [0.25, 0.3) is 0 Å². The highest BCUT2D eigenvalue weighted by Gasteiger charge is 2.27. The van der Waals surface area contributed by atoms with Crippen molar-refractivity contribution in [3.8, 4) is 0 Å². The van der Waals surface area contributed by atoms with Crippen molar-refractivity contribution in [2.75, 3.05) is 13.1 Å². The average Bonchev–Trinajstić information content (AvgIpc) is 3.15. The predicted octanol–water partition coefficient (Wildman–Crippen LogP) is 4.00.